The summed E-state index contributed by atoms with van der Waals surface area (Å²) in [5.41, 5.74) is -1.86. The van der Waals surface area contributed by atoms with Crippen molar-refractivity contribution in [2.75, 3.05) is 20.6 Å². The summed E-state index contributed by atoms with van der Waals surface area (Å²) in [6, 6.07) is -2.57. The zero-order chi connectivity index (χ0) is 23.6. The Morgan fingerprint density at radius 1 is 1.64 bits per heavy atom. The molecule has 22 heavy (non-hydrogen) atoms. The molecule has 1 fully saturated rings. The number of piperidine rings is 1. The van der Waals surface area contributed by atoms with E-state index < -0.39 is 55.0 Å². The summed E-state index contributed by atoms with van der Waals surface area (Å²) in [7, 11) is 1.26. The fourth-order valence-corrected chi connectivity index (χ4v) is 4.15. The highest BCUT2D eigenvalue weighted by atomic mass is 16.5. The number of likely N-dealkylation sites (N-methyl/N-ethyl adjacent to an activating group) is 1. The standard InChI is InChI=1S/C18H21NO3/c1-19-8-7-18-11-4-5-13(20)17(18)22-16-14(21-2)6-3-10(15(16)18)9-12(11)19/h3-6,11-13,17,20H,7-9H2,1-2H3/t11-,12+,13?,17?,18-/m0/s1/i1D3,3D,6D,9D2,11D,17D,20D. The molecule has 2 unspecified atom stereocenters. The van der Waals surface area contributed by atoms with Crippen molar-refractivity contribution in [3.63, 3.8) is 0 Å². The molecule has 1 aromatic carbocycles. The van der Waals surface area contributed by atoms with Gasteiger partial charge in [0.15, 0.2) is 11.5 Å². The number of likely N-dealkylation sites (tertiary alicyclic amines) is 1. The van der Waals surface area contributed by atoms with E-state index in [2.05, 4.69) is 0 Å². The van der Waals surface area contributed by atoms with Crippen LogP contribution in [-0.4, -0.2) is 50.3 Å². The first-order valence-corrected chi connectivity index (χ1v) is 7.23. The van der Waals surface area contributed by atoms with Crippen molar-refractivity contribution < 1.29 is 26.9 Å². The lowest BCUT2D eigenvalue weighted by Gasteiger charge is -2.56. The molecule has 0 radical (unpaired) electrons. The first-order chi connectivity index (χ1) is 14.7. The molecule has 1 spiro atoms. The second-order valence-electron chi connectivity index (χ2n) is 5.96. The maximum absolute atomic E-state index is 9.50. The highest BCUT2D eigenvalue weighted by Crippen LogP contribution is 2.62. The minimum Gasteiger partial charge on any atom is -0.493 e. The van der Waals surface area contributed by atoms with Gasteiger partial charge in [-0.25, -0.2) is 0 Å². The number of nitrogens with zero attached hydrogens (tertiary/aromatic N) is 1. The quantitative estimate of drug-likeness (QED) is 0.841. The molecule has 0 saturated carbocycles. The molecular weight excluding hydrogens is 278 g/mol. The van der Waals surface area contributed by atoms with E-state index in [4.69, 9.17) is 25.6 Å². The topological polar surface area (TPSA) is 41.9 Å². The van der Waals surface area contributed by atoms with Gasteiger partial charge in [-0.1, -0.05) is 18.2 Å². The number of methoxy groups -OCH3 is 1. The molecule has 1 aromatic rings. The van der Waals surface area contributed by atoms with E-state index in [-0.39, 0.29) is 35.6 Å². The van der Waals surface area contributed by atoms with Gasteiger partial charge in [-0.2, -0.15) is 0 Å². The van der Waals surface area contributed by atoms with Gasteiger partial charge in [-0.3, -0.25) is 0 Å². The van der Waals surface area contributed by atoms with Gasteiger partial charge in [-0.15, -0.1) is 0 Å². The number of aliphatic hydroxyl groups is 1. The maximum atomic E-state index is 9.50. The third-order valence-corrected chi connectivity index (χ3v) is 5.06. The van der Waals surface area contributed by atoms with E-state index in [1.165, 1.54) is 19.3 Å². The molecule has 0 amide bonds. The van der Waals surface area contributed by atoms with Gasteiger partial charge >= 0.3 is 0 Å². The Morgan fingerprint density at radius 3 is 3.41 bits per heavy atom. The van der Waals surface area contributed by atoms with Crippen LogP contribution in [0.2, 0.25) is 0 Å². The monoisotopic (exact) mass is 309 g/mol. The summed E-state index contributed by atoms with van der Waals surface area (Å²) in [4.78, 5) is 0.937. The molecule has 2 aliphatic heterocycles. The van der Waals surface area contributed by atoms with Crippen LogP contribution in [0.15, 0.2) is 24.2 Å². The Balaban J connectivity index is 1.98. The third kappa shape index (κ3) is 1.28. The highest BCUT2D eigenvalue weighted by molar-refractivity contribution is 5.62. The van der Waals surface area contributed by atoms with Gasteiger partial charge in [-0.05, 0) is 37.9 Å². The van der Waals surface area contributed by atoms with E-state index in [1.54, 1.807) is 0 Å². The third-order valence-electron chi connectivity index (χ3n) is 5.06. The normalized spacial score (nSPS) is 57.1. The second-order valence-corrected chi connectivity index (χ2v) is 5.96. The zero-order valence-electron chi connectivity index (χ0n) is 21.9. The Morgan fingerprint density at radius 2 is 2.59 bits per heavy atom. The number of aliphatic hydroxyl groups excluding tert-OH is 1. The van der Waals surface area contributed by atoms with E-state index in [1.807, 2.05) is 0 Å². The van der Waals surface area contributed by atoms with Crippen LogP contribution in [0.1, 0.15) is 29.9 Å². The zero-order valence-corrected chi connectivity index (χ0v) is 11.9. The molecule has 4 nitrogen and oxygen atoms in total. The van der Waals surface area contributed by atoms with Crippen LogP contribution < -0.4 is 9.47 Å². The molecule has 116 valence electrons. The molecule has 1 N–H and O–H groups in total. The molecule has 5 atom stereocenters. The van der Waals surface area contributed by atoms with Crippen LogP contribution in [0.4, 0.5) is 0 Å². The van der Waals surface area contributed by atoms with Crippen LogP contribution in [0.25, 0.3) is 0 Å². The van der Waals surface area contributed by atoms with Gasteiger partial charge < -0.3 is 19.5 Å². The molecular formula is C18H21NO3. The largest absolute Gasteiger partial charge is 0.493 e. The lowest BCUT2D eigenvalue weighted by Crippen LogP contribution is -2.64. The molecule has 2 bridgehead atoms. The Bertz CT molecular complexity index is 1060. The van der Waals surface area contributed by atoms with Crippen molar-refractivity contribution in [2.24, 2.45) is 5.89 Å². The summed E-state index contributed by atoms with van der Waals surface area (Å²) in [5.74, 6) is -2.28. The van der Waals surface area contributed by atoms with Crippen molar-refractivity contribution in [1.82, 2.24) is 4.90 Å². The van der Waals surface area contributed by atoms with Crippen molar-refractivity contribution >= 4 is 0 Å². The van der Waals surface area contributed by atoms with Gasteiger partial charge in [0.05, 0.1) is 11.2 Å². The van der Waals surface area contributed by atoms with Crippen LogP contribution in [0.3, 0.4) is 0 Å². The Kier molecular flexibility index (Phi) is 1.21. The van der Waals surface area contributed by atoms with E-state index in [0.717, 1.165) is 4.90 Å². The average Bonchev–Trinajstić information content (AvgIpc) is 2.94. The summed E-state index contributed by atoms with van der Waals surface area (Å²) in [5, 5.41) is 4.78. The molecule has 2 heterocycles. The second kappa shape index (κ2) is 4.06. The van der Waals surface area contributed by atoms with E-state index in [9.17, 15) is 2.74 Å². The Hall–Kier alpha value is -1.52. The van der Waals surface area contributed by atoms with Crippen molar-refractivity contribution in [3.8, 4) is 11.5 Å². The van der Waals surface area contributed by atoms with Crippen molar-refractivity contribution in [1.29, 1.82) is 1.43 Å². The minimum absolute atomic E-state index is 0.0678. The molecule has 4 heteroatoms. The van der Waals surface area contributed by atoms with Crippen LogP contribution in [0.5, 0.6) is 11.5 Å². The summed E-state index contributed by atoms with van der Waals surface area (Å²) >= 11 is 0. The predicted molar refractivity (Wildman–Crippen MR) is 82.5 cm³/mol. The van der Waals surface area contributed by atoms with Gasteiger partial charge in [0.2, 0.25) is 1.43 Å². The number of rotatable bonds is 2. The Labute approximate surface area is 144 Å². The summed E-state index contributed by atoms with van der Waals surface area (Å²) < 4.78 is 96.5. The number of hydrogen-bond acceptors (Lipinski definition) is 4. The predicted octanol–water partition coefficient (Wildman–Crippen LogP) is 1.50. The van der Waals surface area contributed by atoms with E-state index >= 15 is 0 Å². The van der Waals surface area contributed by atoms with E-state index in [0.29, 0.717) is 0 Å². The molecule has 0 aromatic heterocycles. The summed E-state index contributed by atoms with van der Waals surface area (Å²) in [6.07, 6.45) is -3.47. The molecule has 4 aliphatic rings. The number of benzene rings is 1. The molecule has 1 saturated heterocycles. The molecule has 5 rings (SSSR count). The highest BCUT2D eigenvalue weighted by Gasteiger charge is 2.64. The van der Waals surface area contributed by atoms with Gasteiger partial charge in [0.25, 0.3) is 0 Å². The SMILES string of the molecule is [2H]OC1C=C[C@@]2([2H])[C@@H]3N(C([2H])([2H])[2H])CC[C@@]24c2c(c(OC)c([2H])c([2H])c2C3([2H])[2H])OC14[2H]. The first-order valence-electron chi connectivity index (χ1n) is 12.1. The van der Waals surface area contributed by atoms with Crippen molar-refractivity contribution in [3.05, 3.63) is 35.4 Å². The minimum atomic E-state index is -2.74. The number of ether oxygens (including phenoxy) is 2. The van der Waals surface area contributed by atoms with Crippen LogP contribution in [-0.2, 0) is 11.8 Å². The lowest BCUT2D eigenvalue weighted by atomic mass is 9.53. The van der Waals surface area contributed by atoms with Crippen LogP contribution in [0, 0.1) is 5.89 Å². The van der Waals surface area contributed by atoms with Crippen molar-refractivity contribution in [2.45, 2.75) is 36.4 Å². The molecule has 2 aliphatic carbocycles. The fraction of sp³-hybridized carbons (Fsp3) is 0.556. The van der Waals surface area contributed by atoms with Gasteiger partial charge in [0.1, 0.15) is 12.2 Å². The number of hydrogen-bond donors (Lipinski definition) is 1. The first kappa shape index (κ1) is 6.54. The lowest BCUT2D eigenvalue weighted by molar-refractivity contribution is -0.0453. The smallest absolute Gasteiger partial charge is 0.211 e. The van der Waals surface area contributed by atoms with Gasteiger partial charge in [0, 0.05) is 31.1 Å². The maximum Gasteiger partial charge on any atom is 0.211 e. The fourth-order valence-electron chi connectivity index (χ4n) is 4.15. The summed E-state index contributed by atoms with van der Waals surface area (Å²) in [6.45, 7) is -2.91. The average molecular weight is 309 g/mol. The van der Waals surface area contributed by atoms with Crippen LogP contribution >= 0.6 is 0 Å².